The van der Waals surface area contributed by atoms with Crippen molar-refractivity contribution in [3.8, 4) is 5.69 Å². The Bertz CT molecular complexity index is 662. The van der Waals surface area contributed by atoms with E-state index in [9.17, 15) is 9.18 Å². The monoisotopic (exact) mass is 261 g/mol. The lowest BCUT2D eigenvalue weighted by Gasteiger charge is -2.08. The van der Waals surface area contributed by atoms with Crippen molar-refractivity contribution in [3.05, 3.63) is 41.2 Å². The average molecular weight is 261 g/mol. The summed E-state index contributed by atoms with van der Waals surface area (Å²) in [5, 5.41) is 13.0. The quantitative estimate of drug-likeness (QED) is 0.920. The maximum Gasteiger partial charge on any atom is 0.375 e. The van der Waals surface area contributed by atoms with Crippen LogP contribution in [-0.2, 0) is 0 Å². The third-order valence-electron chi connectivity index (χ3n) is 3.15. The summed E-state index contributed by atoms with van der Waals surface area (Å²) in [7, 11) is 0. The number of aromatic carboxylic acids is 1. The van der Waals surface area contributed by atoms with Gasteiger partial charge < -0.3 is 5.11 Å². The Morgan fingerprint density at radius 3 is 2.79 bits per heavy atom. The highest BCUT2D eigenvalue weighted by molar-refractivity contribution is 5.83. The number of nitrogens with zero attached hydrogens (tertiary/aromatic N) is 3. The van der Waals surface area contributed by atoms with Crippen molar-refractivity contribution in [1.29, 1.82) is 0 Å². The molecule has 1 N–H and O–H groups in total. The Kier molecular flexibility index (Phi) is 2.58. The minimum atomic E-state index is -1.15. The molecule has 0 aliphatic heterocycles. The molecule has 0 atom stereocenters. The van der Waals surface area contributed by atoms with Gasteiger partial charge in [0, 0.05) is 5.92 Å². The highest BCUT2D eigenvalue weighted by Crippen LogP contribution is 2.40. The summed E-state index contributed by atoms with van der Waals surface area (Å²) in [4.78, 5) is 15.1. The maximum atomic E-state index is 13.1. The molecule has 1 aromatic heterocycles. The van der Waals surface area contributed by atoms with Gasteiger partial charge in [0.15, 0.2) is 0 Å². The third-order valence-corrected chi connectivity index (χ3v) is 3.15. The summed E-state index contributed by atoms with van der Waals surface area (Å²) in [5.41, 5.74) is 1.37. The molecule has 2 aromatic rings. The second kappa shape index (κ2) is 4.15. The van der Waals surface area contributed by atoms with Gasteiger partial charge in [0.1, 0.15) is 11.6 Å². The fourth-order valence-corrected chi connectivity index (χ4v) is 2.05. The zero-order chi connectivity index (χ0) is 13.6. The smallest absolute Gasteiger partial charge is 0.375 e. The van der Waals surface area contributed by atoms with Gasteiger partial charge in [0.25, 0.3) is 5.82 Å². The van der Waals surface area contributed by atoms with Gasteiger partial charge in [-0.3, -0.25) is 0 Å². The molecule has 0 amide bonds. The lowest BCUT2D eigenvalue weighted by Crippen LogP contribution is -2.05. The molecule has 1 aromatic carbocycles. The number of aromatic nitrogens is 3. The Morgan fingerprint density at radius 1 is 1.47 bits per heavy atom. The lowest BCUT2D eigenvalue weighted by atomic mass is 10.2. The number of halogens is 1. The topological polar surface area (TPSA) is 68.0 Å². The van der Waals surface area contributed by atoms with Crippen molar-refractivity contribution >= 4 is 5.97 Å². The molecule has 1 saturated carbocycles. The van der Waals surface area contributed by atoms with Crippen LogP contribution in [-0.4, -0.2) is 25.8 Å². The number of carboxylic acids is 1. The SMILES string of the molecule is Cc1cc(F)ccc1-n1nc(C(=O)O)nc1C1CC1. The van der Waals surface area contributed by atoms with E-state index in [1.807, 2.05) is 0 Å². The summed E-state index contributed by atoms with van der Waals surface area (Å²) < 4.78 is 14.7. The van der Waals surface area contributed by atoms with E-state index in [1.54, 1.807) is 13.0 Å². The largest absolute Gasteiger partial charge is 0.475 e. The summed E-state index contributed by atoms with van der Waals surface area (Å²) in [6.45, 7) is 1.76. The predicted molar refractivity (Wildman–Crippen MR) is 65.0 cm³/mol. The van der Waals surface area contributed by atoms with E-state index in [0.717, 1.165) is 12.8 Å². The molecule has 0 bridgehead atoms. The number of hydrogen-bond acceptors (Lipinski definition) is 3. The first-order valence-electron chi connectivity index (χ1n) is 6.03. The second-order valence-corrected chi connectivity index (χ2v) is 4.72. The number of carbonyl (C=O) groups is 1. The van der Waals surface area contributed by atoms with Gasteiger partial charge in [0.2, 0.25) is 0 Å². The summed E-state index contributed by atoms with van der Waals surface area (Å²) in [5.74, 6) is -0.795. The molecule has 6 heteroatoms. The van der Waals surface area contributed by atoms with Crippen molar-refractivity contribution in [1.82, 2.24) is 14.8 Å². The number of carboxylic acid groups (broad SMARTS) is 1. The molecule has 1 aliphatic carbocycles. The molecule has 0 radical (unpaired) electrons. The Morgan fingerprint density at radius 2 is 2.21 bits per heavy atom. The van der Waals surface area contributed by atoms with Crippen molar-refractivity contribution in [3.63, 3.8) is 0 Å². The minimum Gasteiger partial charge on any atom is -0.475 e. The lowest BCUT2D eigenvalue weighted by molar-refractivity contribution is 0.0683. The second-order valence-electron chi connectivity index (χ2n) is 4.72. The fourth-order valence-electron chi connectivity index (χ4n) is 2.05. The average Bonchev–Trinajstić information content (AvgIpc) is 3.09. The van der Waals surface area contributed by atoms with E-state index in [4.69, 9.17) is 5.11 Å². The van der Waals surface area contributed by atoms with Gasteiger partial charge in [-0.1, -0.05) is 0 Å². The molecule has 0 spiro atoms. The highest BCUT2D eigenvalue weighted by atomic mass is 19.1. The predicted octanol–water partition coefficient (Wildman–Crippen LogP) is 2.29. The molecule has 5 nitrogen and oxygen atoms in total. The molecule has 1 aliphatic rings. The molecule has 98 valence electrons. The zero-order valence-corrected chi connectivity index (χ0v) is 10.3. The van der Waals surface area contributed by atoms with Crippen LogP contribution in [0.4, 0.5) is 4.39 Å². The van der Waals surface area contributed by atoms with Gasteiger partial charge in [-0.15, -0.1) is 5.10 Å². The third kappa shape index (κ3) is 2.09. The van der Waals surface area contributed by atoms with Crippen LogP contribution in [0.3, 0.4) is 0 Å². The molecule has 1 fully saturated rings. The van der Waals surface area contributed by atoms with Crippen molar-refractivity contribution in [2.75, 3.05) is 0 Å². The highest BCUT2D eigenvalue weighted by Gasteiger charge is 2.31. The van der Waals surface area contributed by atoms with E-state index < -0.39 is 5.97 Å². The molecule has 0 unspecified atom stereocenters. The number of hydrogen-bond donors (Lipinski definition) is 1. The van der Waals surface area contributed by atoms with Gasteiger partial charge in [-0.25, -0.2) is 18.9 Å². The van der Waals surface area contributed by atoms with Gasteiger partial charge >= 0.3 is 5.97 Å². The van der Waals surface area contributed by atoms with Gasteiger partial charge in [-0.05, 0) is 43.5 Å². The fraction of sp³-hybridized carbons (Fsp3) is 0.308. The van der Waals surface area contributed by atoms with Crippen molar-refractivity contribution in [2.24, 2.45) is 0 Å². The molecule has 3 rings (SSSR count). The van der Waals surface area contributed by atoms with E-state index in [2.05, 4.69) is 10.1 Å². The Hall–Kier alpha value is -2.24. The Labute approximate surface area is 108 Å². The van der Waals surface area contributed by atoms with Crippen LogP contribution in [0.5, 0.6) is 0 Å². The summed E-state index contributed by atoms with van der Waals surface area (Å²) in [6, 6.07) is 4.33. The zero-order valence-electron chi connectivity index (χ0n) is 10.3. The number of benzene rings is 1. The first-order valence-corrected chi connectivity index (χ1v) is 6.03. The first kappa shape index (κ1) is 11.8. The van der Waals surface area contributed by atoms with E-state index in [0.29, 0.717) is 17.1 Å². The van der Waals surface area contributed by atoms with Crippen molar-refractivity contribution < 1.29 is 14.3 Å². The van der Waals surface area contributed by atoms with Crippen LogP contribution in [0, 0.1) is 12.7 Å². The maximum absolute atomic E-state index is 13.1. The van der Waals surface area contributed by atoms with E-state index in [1.165, 1.54) is 16.8 Å². The number of aryl methyl sites for hydroxylation is 1. The minimum absolute atomic E-state index is 0.217. The summed E-state index contributed by atoms with van der Waals surface area (Å²) >= 11 is 0. The van der Waals surface area contributed by atoms with Crippen LogP contribution in [0.2, 0.25) is 0 Å². The normalized spacial score (nSPS) is 14.6. The molecular weight excluding hydrogens is 249 g/mol. The van der Waals surface area contributed by atoms with Crippen LogP contribution in [0.15, 0.2) is 18.2 Å². The first-order chi connectivity index (χ1) is 9.06. The molecule has 1 heterocycles. The number of rotatable bonds is 3. The molecule has 0 saturated heterocycles. The van der Waals surface area contributed by atoms with Gasteiger partial charge in [0.05, 0.1) is 5.69 Å². The Balaban J connectivity index is 2.15. The summed E-state index contributed by atoms with van der Waals surface area (Å²) in [6.07, 6.45) is 1.97. The van der Waals surface area contributed by atoms with Crippen LogP contribution < -0.4 is 0 Å². The standard InChI is InChI=1S/C13H12FN3O2/c1-7-6-9(14)4-5-10(7)17-12(8-2-3-8)15-11(16-17)13(18)19/h4-6,8H,2-3H2,1H3,(H,18,19). The molecule has 19 heavy (non-hydrogen) atoms. The van der Waals surface area contributed by atoms with Crippen LogP contribution in [0.25, 0.3) is 5.69 Å². The van der Waals surface area contributed by atoms with Crippen molar-refractivity contribution in [2.45, 2.75) is 25.7 Å². The van der Waals surface area contributed by atoms with E-state index >= 15 is 0 Å². The van der Waals surface area contributed by atoms with Crippen LogP contribution >= 0.6 is 0 Å². The van der Waals surface area contributed by atoms with Gasteiger partial charge in [-0.2, -0.15) is 0 Å². The van der Waals surface area contributed by atoms with E-state index in [-0.39, 0.29) is 17.6 Å². The van der Waals surface area contributed by atoms with Crippen LogP contribution in [0.1, 0.15) is 40.8 Å². The molecular formula is C13H12FN3O2.